The van der Waals surface area contributed by atoms with Crippen LogP contribution < -0.4 is 9.47 Å². The summed E-state index contributed by atoms with van der Waals surface area (Å²) in [4.78, 5) is 16.0. The van der Waals surface area contributed by atoms with Gasteiger partial charge in [0.15, 0.2) is 18.1 Å². The summed E-state index contributed by atoms with van der Waals surface area (Å²) in [7, 11) is 0. The van der Waals surface area contributed by atoms with E-state index >= 15 is 0 Å². The molecule has 0 spiro atoms. The number of hydrogen-bond acceptors (Lipinski definition) is 7. The van der Waals surface area contributed by atoms with E-state index in [-0.39, 0.29) is 19.3 Å². The van der Waals surface area contributed by atoms with Crippen LogP contribution >= 0.6 is 0 Å². The van der Waals surface area contributed by atoms with Crippen LogP contribution in [-0.4, -0.2) is 22.9 Å². The number of fused-ring (bicyclic) bond motifs is 1. The molecular weight excluding hydrogens is 336 g/mol. The normalized spacial score (nSPS) is 12.5. The lowest BCUT2D eigenvalue weighted by atomic mass is 10.2. The zero-order chi connectivity index (χ0) is 17.8. The molecule has 3 aromatic rings. The zero-order valence-electron chi connectivity index (χ0n) is 13.6. The Kier molecular flexibility index (Phi) is 4.34. The average Bonchev–Trinajstić information content (AvgIpc) is 3.34. The highest BCUT2D eigenvalue weighted by Gasteiger charge is 2.16. The van der Waals surface area contributed by atoms with Gasteiger partial charge in [-0.2, -0.15) is 4.98 Å². The van der Waals surface area contributed by atoms with Crippen molar-refractivity contribution in [1.82, 2.24) is 10.1 Å². The number of hydrogen-bond donors (Lipinski definition) is 0. The lowest BCUT2D eigenvalue weighted by Crippen LogP contribution is -2.00. The number of carbonyl (C=O) groups excluding carboxylic acids is 1. The summed E-state index contributed by atoms with van der Waals surface area (Å²) in [6.45, 7) is 0.0955. The fraction of sp³-hybridized carbons (Fsp3) is 0.105. The molecule has 1 aliphatic heterocycles. The molecule has 2 aromatic carbocycles. The van der Waals surface area contributed by atoms with Crippen molar-refractivity contribution in [2.45, 2.75) is 6.61 Å². The van der Waals surface area contributed by atoms with Gasteiger partial charge in [0.1, 0.15) is 0 Å². The standard InChI is InChI=1S/C19H14N2O5/c22-18(9-6-13-4-2-1-3-5-13)23-11-17-20-19(21-26-17)14-7-8-15-16(10-14)25-12-24-15/h1-10H,11-12H2/b9-6+. The molecule has 7 heteroatoms. The van der Waals surface area contributed by atoms with E-state index in [1.54, 1.807) is 24.3 Å². The number of aromatic nitrogens is 2. The first-order valence-corrected chi connectivity index (χ1v) is 7.90. The van der Waals surface area contributed by atoms with E-state index in [1.165, 1.54) is 6.08 Å². The molecule has 0 amide bonds. The Hall–Kier alpha value is -3.61. The summed E-state index contributed by atoms with van der Waals surface area (Å²) in [6, 6.07) is 14.8. The Morgan fingerprint density at radius 3 is 2.85 bits per heavy atom. The van der Waals surface area contributed by atoms with Crippen LogP contribution in [0.4, 0.5) is 0 Å². The molecule has 0 saturated heterocycles. The molecular formula is C19H14N2O5. The number of esters is 1. The van der Waals surface area contributed by atoms with Gasteiger partial charge >= 0.3 is 5.97 Å². The fourth-order valence-corrected chi connectivity index (χ4v) is 2.38. The Morgan fingerprint density at radius 1 is 1.12 bits per heavy atom. The lowest BCUT2D eigenvalue weighted by Gasteiger charge is -1.98. The minimum Gasteiger partial charge on any atom is -0.454 e. The molecule has 0 atom stereocenters. The van der Waals surface area contributed by atoms with Crippen molar-refractivity contribution in [3.63, 3.8) is 0 Å². The minimum absolute atomic E-state index is 0.102. The second-order valence-electron chi connectivity index (χ2n) is 5.43. The van der Waals surface area contributed by atoms with Gasteiger partial charge in [0.05, 0.1) is 0 Å². The fourth-order valence-electron chi connectivity index (χ4n) is 2.38. The highest BCUT2D eigenvalue weighted by atomic mass is 16.7. The van der Waals surface area contributed by atoms with Crippen molar-refractivity contribution < 1.29 is 23.5 Å². The molecule has 7 nitrogen and oxygen atoms in total. The van der Waals surface area contributed by atoms with E-state index < -0.39 is 5.97 Å². The molecule has 0 unspecified atom stereocenters. The molecule has 0 fully saturated rings. The van der Waals surface area contributed by atoms with Gasteiger partial charge in [-0.3, -0.25) is 0 Å². The first-order chi connectivity index (χ1) is 12.8. The molecule has 130 valence electrons. The number of rotatable bonds is 5. The van der Waals surface area contributed by atoms with Crippen LogP contribution in [0.2, 0.25) is 0 Å². The molecule has 1 aromatic heterocycles. The molecule has 1 aliphatic rings. The molecule has 0 N–H and O–H groups in total. The summed E-state index contributed by atoms with van der Waals surface area (Å²) < 4.78 is 20.8. The average molecular weight is 350 g/mol. The van der Waals surface area contributed by atoms with E-state index in [2.05, 4.69) is 10.1 Å². The van der Waals surface area contributed by atoms with E-state index in [9.17, 15) is 4.79 Å². The molecule has 4 rings (SSSR count). The monoisotopic (exact) mass is 350 g/mol. The topological polar surface area (TPSA) is 83.7 Å². The van der Waals surface area contributed by atoms with Crippen molar-refractivity contribution in [2.24, 2.45) is 0 Å². The Morgan fingerprint density at radius 2 is 1.96 bits per heavy atom. The molecule has 0 saturated carbocycles. The second-order valence-corrected chi connectivity index (χ2v) is 5.43. The van der Waals surface area contributed by atoms with Crippen molar-refractivity contribution in [1.29, 1.82) is 0 Å². The third kappa shape index (κ3) is 3.56. The van der Waals surface area contributed by atoms with Gasteiger partial charge in [-0.1, -0.05) is 35.5 Å². The molecule has 0 aliphatic carbocycles. The van der Waals surface area contributed by atoms with Crippen molar-refractivity contribution in [3.8, 4) is 22.9 Å². The predicted molar refractivity (Wildman–Crippen MR) is 91.1 cm³/mol. The maximum absolute atomic E-state index is 11.8. The predicted octanol–water partition coefficient (Wildman–Crippen LogP) is 3.22. The Bertz CT molecular complexity index is 950. The minimum atomic E-state index is -0.489. The van der Waals surface area contributed by atoms with Crippen LogP contribution in [0.15, 0.2) is 59.1 Å². The number of nitrogens with zero attached hydrogens (tertiary/aromatic N) is 2. The second kappa shape index (κ2) is 7.10. The van der Waals surface area contributed by atoms with E-state index in [4.69, 9.17) is 18.7 Å². The summed E-state index contributed by atoms with van der Waals surface area (Å²) in [5.74, 6) is 1.41. The van der Waals surface area contributed by atoms with Crippen molar-refractivity contribution in [2.75, 3.05) is 6.79 Å². The SMILES string of the molecule is O=C(/C=C/c1ccccc1)OCc1nc(-c2ccc3c(c2)OCO3)no1. The van der Waals surface area contributed by atoms with Crippen molar-refractivity contribution >= 4 is 12.0 Å². The first kappa shape index (κ1) is 15.9. The highest BCUT2D eigenvalue weighted by molar-refractivity contribution is 5.86. The van der Waals surface area contributed by atoms with Crippen molar-refractivity contribution in [3.05, 3.63) is 66.1 Å². The van der Waals surface area contributed by atoms with Crippen LogP contribution in [0.3, 0.4) is 0 Å². The number of benzene rings is 2. The lowest BCUT2D eigenvalue weighted by molar-refractivity contribution is -0.139. The smallest absolute Gasteiger partial charge is 0.331 e. The number of ether oxygens (including phenoxy) is 3. The number of carbonyl (C=O) groups is 1. The highest BCUT2D eigenvalue weighted by Crippen LogP contribution is 2.35. The first-order valence-electron chi connectivity index (χ1n) is 7.90. The summed E-state index contributed by atoms with van der Waals surface area (Å²) in [6.07, 6.45) is 3.03. The Labute approximate surface area is 148 Å². The van der Waals surface area contributed by atoms with Crippen LogP contribution in [0.1, 0.15) is 11.5 Å². The zero-order valence-corrected chi connectivity index (χ0v) is 13.6. The maximum Gasteiger partial charge on any atom is 0.331 e. The molecule has 0 radical (unpaired) electrons. The van der Waals surface area contributed by atoms with Crippen LogP contribution in [0, 0.1) is 0 Å². The molecule has 0 bridgehead atoms. The maximum atomic E-state index is 11.8. The van der Waals surface area contributed by atoms with Crippen LogP contribution in [0.25, 0.3) is 17.5 Å². The van der Waals surface area contributed by atoms with Gasteiger partial charge in [0, 0.05) is 11.6 Å². The van der Waals surface area contributed by atoms with Gasteiger partial charge in [0.25, 0.3) is 5.89 Å². The van der Waals surface area contributed by atoms with E-state index in [0.717, 1.165) is 11.1 Å². The summed E-state index contributed by atoms with van der Waals surface area (Å²) in [5.41, 5.74) is 1.63. The quantitative estimate of drug-likeness (QED) is 0.516. The Balaban J connectivity index is 1.36. The van der Waals surface area contributed by atoms with Gasteiger partial charge in [-0.25, -0.2) is 4.79 Å². The van der Waals surface area contributed by atoms with E-state index in [1.807, 2.05) is 30.3 Å². The van der Waals surface area contributed by atoms with Gasteiger partial charge in [-0.15, -0.1) is 0 Å². The third-order valence-corrected chi connectivity index (χ3v) is 3.65. The third-order valence-electron chi connectivity index (χ3n) is 3.65. The van der Waals surface area contributed by atoms with Crippen LogP contribution in [-0.2, 0) is 16.1 Å². The van der Waals surface area contributed by atoms with Crippen LogP contribution in [0.5, 0.6) is 11.5 Å². The largest absolute Gasteiger partial charge is 0.454 e. The molecule has 2 heterocycles. The molecule has 26 heavy (non-hydrogen) atoms. The summed E-state index contributed by atoms with van der Waals surface area (Å²) in [5, 5.41) is 3.89. The van der Waals surface area contributed by atoms with Gasteiger partial charge in [-0.05, 0) is 29.8 Å². The van der Waals surface area contributed by atoms with Gasteiger partial charge < -0.3 is 18.7 Å². The van der Waals surface area contributed by atoms with E-state index in [0.29, 0.717) is 17.3 Å². The van der Waals surface area contributed by atoms with Gasteiger partial charge in [0.2, 0.25) is 12.6 Å². The summed E-state index contributed by atoms with van der Waals surface area (Å²) >= 11 is 0.